The Morgan fingerprint density at radius 3 is 3.09 bits per heavy atom. The van der Waals surface area contributed by atoms with Crippen molar-refractivity contribution in [2.45, 2.75) is 0 Å². The van der Waals surface area contributed by atoms with E-state index in [4.69, 9.17) is 0 Å². The van der Waals surface area contributed by atoms with E-state index in [0.29, 0.717) is 11.3 Å². The monoisotopic (exact) mass is 211 g/mol. The lowest BCUT2D eigenvalue weighted by Gasteiger charge is -1.92. The first kappa shape index (κ1) is 6.67. The average molecular weight is 212 g/mol. The topological polar surface area (TPSA) is 43.2 Å². The molecule has 55 valence electrons. The maximum atomic E-state index is 11.0. The van der Waals surface area contributed by atoms with Crippen LogP contribution in [-0.4, -0.2) is 5.91 Å². The van der Waals surface area contributed by atoms with Gasteiger partial charge >= 0.3 is 0 Å². The van der Waals surface area contributed by atoms with E-state index in [2.05, 4.69) is 26.8 Å². The highest BCUT2D eigenvalue weighted by atomic mass is 79.9. The summed E-state index contributed by atoms with van der Waals surface area (Å²) in [4.78, 5) is 11.0. The van der Waals surface area contributed by atoms with Gasteiger partial charge in [-0.25, -0.2) is 5.43 Å². The van der Waals surface area contributed by atoms with Crippen molar-refractivity contribution in [1.29, 1.82) is 0 Å². The lowest BCUT2D eigenvalue weighted by molar-refractivity contribution is 0.0957. The molecule has 0 atom stereocenters. The quantitative estimate of drug-likeness (QED) is 0.692. The van der Waals surface area contributed by atoms with Crippen molar-refractivity contribution in [2.24, 2.45) is 0 Å². The number of hydrogen-bond acceptors (Lipinski definition) is 1. The zero-order valence-corrected chi connectivity index (χ0v) is 7.05. The molecular weight excluding hydrogens is 208 g/mol. The van der Waals surface area contributed by atoms with Crippen molar-refractivity contribution in [3.05, 3.63) is 28.2 Å². The Balaban J connectivity index is 2.59. The minimum Gasteiger partial charge on any atom is -0.267 e. The number of carbonyl (C=O) groups is 1. The Kier molecular flexibility index (Phi) is 1.35. The van der Waals surface area contributed by atoms with Gasteiger partial charge in [0, 0.05) is 4.47 Å². The maximum absolute atomic E-state index is 11.0. The molecule has 0 bridgehead atoms. The van der Waals surface area contributed by atoms with Gasteiger partial charge in [-0.15, -0.1) is 0 Å². The lowest BCUT2D eigenvalue weighted by Crippen LogP contribution is -2.18. The first-order valence-electron chi connectivity index (χ1n) is 3.08. The normalized spacial score (nSPS) is 13.7. The van der Waals surface area contributed by atoms with Crippen LogP contribution in [0.4, 0.5) is 5.69 Å². The number of carbonyl (C=O) groups excluding carboxylic acids is 1. The molecule has 0 aliphatic carbocycles. The van der Waals surface area contributed by atoms with E-state index in [1.165, 1.54) is 0 Å². The van der Waals surface area contributed by atoms with Crippen LogP contribution in [0.2, 0.25) is 0 Å². The van der Waals surface area contributed by atoms with Crippen LogP contribution >= 0.6 is 15.9 Å². The minimum absolute atomic E-state index is 0.132. The van der Waals surface area contributed by atoms with Crippen LogP contribution in [0.25, 0.3) is 0 Å². The predicted octanol–water partition coefficient (Wildman–Crippen LogP) is 1.34. The molecule has 1 N–H and O–H groups in total. The Morgan fingerprint density at radius 2 is 2.27 bits per heavy atom. The summed E-state index contributed by atoms with van der Waals surface area (Å²) in [6, 6.07) is 5.36. The van der Waals surface area contributed by atoms with Crippen molar-refractivity contribution >= 4 is 27.5 Å². The maximum Gasteiger partial charge on any atom is 0.273 e. The number of benzene rings is 1. The third-order valence-electron chi connectivity index (χ3n) is 1.48. The fraction of sp³-hybridized carbons (Fsp3) is 0. The minimum atomic E-state index is -0.132. The smallest absolute Gasteiger partial charge is 0.267 e. The molecule has 1 aliphatic heterocycles. The van der Waals surface area contributed by atoms with Gasteiger partial charge in [-0.2, -0.15) is 5.43 Å². The lowest BCUT2D eigenvalue weighted by atomic mass is 10.2. The van der Waals surface area contributed by atoms with Crippen LogP contribution in [0.3, 0.4) is 0 Å². The van der Waals surface area contributed by atoms with Gasteiger partial charge < -0.3 is 0 Å². The van der Waals surface area contributed by atoms with Gasteiger partial charge in [0.25, 0.3) is 5.91 Å². The summed E-state index contributed by atoms with van der Waals surface area (Å²) in [5, 5.41) is 0. The number of rotatable bonds is 0. The van der Waals surface area contributed by atoms with Gasteiger partial charge in [0.2, 0.25) is 0 Å². The second kappa shape index (κ2) is 2.23. The third-order valence-corrected chi connectivity index (χ3v) is 1.98. The molecule has 11 heavy (non-hydrogen) atoms. The first-order chi connectivity index (χ1) is 5.27. The second-order valence-corrected chi connectivity index (χ2v) is 3.13. The van der Waals surface area contributed by atoms with E-state index in [1.54, 1.807) is 12.1 Å². The molecule has 1 aromatic carbocycles. The van der Waals surface area contributed by atoms with E-state index in [1.807, 2.05) is 6.07 Å². The summed E-state index contributed by atoms with van der Waals surface area (Å²) < 4.78 is 0.927. The summed E-state index contributed by atoms with van der Waals surface area (Å²) in [7, 11) is 0. The Bertz CT molecular complexity index is 324. The van der Waals surface area contributed by atoms with Gasteiger partial charge in [-0.1, -0.05) is 15.9 Å². The highest BCUT2D eigenvalue weighted by molar-refractivity contribution is 9.10. The van der Waals surface area contributed by atoms with Crippen LogP contribution in [0, 0.1) is 0 Å². The molecule has 2 rings (SSSR count). The molecular formula is C7H4BrN2O. The summed E-state index contributed by atoms with van der Waals surface area (Å²) in [5.41, 5.74) is 7.52. The van der Waals surface area contributed by atoms with Gasteiger partial charge in [-0.3, -0.25) is 4.79 Å². The summed E-state index contributed by atoms with van der Waals surface area (Å²) in [6.07, 6.45) is 0. The Hall–Kier alpha value is -1.03. The molecule has 0 unspecified atom stereocenters. The van der Waals surface area contributed by atoms with E-state index in [9.17, 15) is 4.79 Å². The molecule has 1 aromatic rings. The van der Waals surface area contributed by atoms with Gasteiger partial charge in [0.1, 0.15) is 0 Å². The average Bonchev–Trinajstić information content (AvgIpc) is 2.32. The zero-order chi connectivity index (χ0) is 7.84. The number of nitrogens with one attached hydrogen (secondary N) is 1. The van der Waals surface area contributed by atoms with Crippen molar-refractivity contribution in [3.8, 4) is 0 Å². The largest absolute Gasteiger partial charge is 0.273 e. The van der Waals surface area contributed by atoms with Crippen LogP contribution in [0.15, 0.2) is 22.7 Å². The summed E-state index contributed by atoms with van der Waals surface area (Å²) in [5.74, 6) is -0.132. The molecule has 0 saturated heterocycles. The van der Waals surface area contributed by atoms with Gasteiger partial charge in [0.15, 0.2) is 0 Å². The number of nitrogens with zero attached hydrogens (tertiary/aromatic N) is 1. The third kappa shape index (κ3) is 0.991. The Labute approximate surface area is 71.9 Å². The molecule has 1 amide bonds. The van der Waals surface area contributed by atoms with Gasteiger partial charge in [-0.05, 0) is 18.2 Å². The molecule has 0 aromatic heterocycles. The summed E-state index contributed by atoms with van der Waals surface area (Å²) >= 11 is 3.29. The van der Waals surface area contributed by atoms with E-state index in [-0.39, 0.29) is 5.91 Å². The molecule has 1 aliphatic rings. The molecule has 1 heterocycles. The van der Waals surface area contributed by atoms with Gasteiger partial charge in [0.05, 0.1) is 11.3 Å². The molecule has 0 fully saturated rings. The van der Waals surface area contributed by atoms with E-state index >= 15 is 0 Å². The van der Waals surface area contributed by atoms with Crippen molar-refractivity contribution in [3.63, 3.8) is 0 Å². The highest BCUT2D eigenvalue weighted by Gasteiger charge is 2.19. The zero-order valence-electron chi connectivity index (χ0n) is 5.47. The fourth-order valence-electron chi connectivity index (χ4n) is 0.961. The van der Waals surface area contributed by atoms with Crippen molar-refractivity contribution in [2.75, 3.05) is 0 Å². The summed E-state index contributed by atoms with van der Waals surface area (Å²) in [6.45, 7) is 0. The van der Waals surface area contributed by atoms with Crippen LogP contribution in [0.5, 0.6) is 0 Å². The standard InChI is InChI=1S/C7H4BrN2O/c8-4-1-2-5-6(3-4)9-10-7(5)11/h1-3H,(H,10,11). The van der Waals surface area contributed by atoms with E-state index in [0.717, 1.165) is 4.47 Å². The number of fused-ring (bicyclic) bond motifs is 1. The fourth-order valence-corrected chi connectivity index (χ4v) is 1.31. The predicted molar refractivity (Wildman–Crippen MR) is 43.4 cm³/mol. The van der Waals surface area contributed by atoms with Crippen LogP contribution in [0.1, 0.15) is 10.4 Å². The number of hydrogen-bond donors (Lipinski definition) is 1. The molecule has 4 heteroatoms. The second-order valence-electron chi connectivity index (χ2n) is 2.21. The van der Waals surface area contributed by atoms with Crippen LogP contribution < -0.4 is 10.9 Å². The Morgan fingerprint density at radius 1 is 1.45 bits per heavy atom. The van der Waals surface area contributed by atoms with Crippen LogP contribution in [-0.2, 0) is 0 Å². The van der Waals surface area contributed by atoms with Crippen molar-refractivity contribution in [1.82, 2.24) is 10.9 Å². The molecule has 1 radical (unpaired) electrons. The number of amides is 1. The SMILES string of the molecule is O=C1N[N]c2cc(Br)ccc21. The number of halogens is 1. The molecule has 0 saturated carbocycles. The first-order valence-corrected chi connectivity index (χ1v) is 3.87. The molecule has 0 spiro atoms. The van der Waals surface area contributed by atoms with Crippen molar-refractivity contribution < 1.29 is 4.79 Å². The highest BCUT2D eigenvalue weighted by Crippen LogP contribution is 2.23. The van der Waals surface area contributed by atoms with E-state index < -0.39 is 0 Å². The molecule has 3 nitrogen and oxygen atoms in total.